The zero-order chi connectivity index (χ0) is 16.5. The van der Waals surface area contributed by atoms with Gasteiger partial charge in [-0.25, -0.2) is 18.1 Å². The Bertz CT molecular complexity index is 774. The molecule has 118 valence electrons. The monoisotopic (exact) mass is 338 g/mol. The van der Waals surface area contributed by atoms with Crippen molar-refractivity contribution in [1.82, 2.24) is 9.71 Å². The molecule has 0 aliphatic heterocycles. The molecule has 2 rings (SSSR count). The highest BCUT2D eigenvalue weighted by molar-refractivity contribution is 7.89. The number of hydrogen-bond donors (Lipinski definition) is 1. The second-order valence-electron chi connectivity index (χ2n) is 5.40. The Hall–Kier alpha value is -1.43. The van der Waals surface area contributed by atoms with Crippen molar-refractivity contribution in [1.29, 1.82) is 0 Å². The van der Waals surface area contributed by atoms with Gasteiger partial charge < -0.3 is 0 Å². The molecule has 1 aromatic carbocycles. The third-order valence-electron chi connectivity index (χ3n) is 3.82. The highest BCUT2D eigenvalue weighted by Gasteiger charge is 2.21. The zero-order valence-electron chi connectivity index (χ0n) is 13.1. The summed E-state index contributed by atoms with van der Waals surface area (Å²) in [6, 6.07) is 5.39. The van der Waals surface area contributed by atoms with Crippen LogP contribution in [0.5, 0.6) is 0 Å². The molecule has 0 saturated heterocycles. The van der Waals surface area contributed by atoms with Crippen LogP contribution >= 0.6 is 11.6 Å². The van der Waals surface area contributed by atoms with E-state index in [-0.39, 0.29) is 6.54 Å². The highest BCUT2D eigenvalue weighted by atomic mass is 35.5. The van der Waals surface area contributed by atoms with Crippen LogP contribution in [0, 0.1) is 27.7 Å². The summed E-state index contributed by atoms with van der Waals surface area (Å²) in [5.74, 6) is 0. The maximum Gasteiger partial charge on any atom is 0.241 e. The Labute approximate surface area is 136 Å². The quantitative estimate of drug-likeness (QED) is 0.869. The first-order chi connectivity index (χ1) is 10.2. The van der Waals surface area contributed by atoms with E-state index in [4.69, 9.17) is 11.6 Å². The van der Waals surface area contributed by atoms with Crippen LogP contribution in [-0.2, 0) is 16.6 Å². The summed E-state index contributed by atoms with van der Waals surface area (Å²) >= 11 is 5.72. The maximum absolute atomic E-state index is 12.7. The van der Waals surface area contributed by atoms with Gasteiger partial charge in [0.2, 0.25) is 10.0 Å². The molecule has 0 saturated carbocycles. The standard InChI is InChI=1S/C16H19ClN2O2S/c1-10-7-11(2)13(4)16(12(10)3)22(20,21)19-9-14-5-6-15(17)18-8-14/h5-8,19H,9H2,1-4H3. The van der Waals surface area contributed by atoms with E-state index < -0.39 is 10.0 Å². The molecule has 0 aliphatic carbocycles. The maximum atomic E-state index is 12.7. The van der Waals surface area contributed by atoms with Crippen LogP contribution < -0.4 is 4.72 Å². The minimum Gasteiger partial charge on any atom is -0.244 e. The fourth-order valence-corrected chi connectivity index (χ4v) is 4.09. The predicted octanol–water partition coefficient (Wildman–Crippen LogP) is 3.45. The van der Waals surface area contributed by atoms with E-state index >= 15 is 0 Å². The van der Waals surface area contributed by atoms with Gasteiger partial charge >= 0.3 is 0 Å². The van der Waals surface area contributed by atoms with Crippen molar-refractivity contribution < 1.29 is 8.42 Å². The smallest absolute Gasteiger partial charge is 0.241 e. The molecule has 4 nitrogen and oxygen atoms in total. The number of hydrogen-bond acceptors (Lipinski definition) is 3. The van der Waals surface area contributed by atoms with Crippen molar-refractivity contribution in [3.63, 3.8) is 0 Å². The number of aromatic nitrogens is 1. The van der Waals surface area contributed by atoms with E-state index in [1.165, 1.54) is 0 Å². The normalized spacial score (nSPS) is 11.7. The third-order valence-corrected chi connectivity index (χ3v) is 5.72. The number of pyridine rings is 1. The predicted molar refractivity (Wildman–Crippen MR) is 88.7 cm³/mol. The van der Waals surface area contributed by atoms with Crippen molar-refractivity contribution in [2.24, 2.45) is 0 Å². The molecule has 1 N–H and O–H groups in total. The second-order valence-corrected chi connectivity index (χ2v) is 7.49. The Balaban J connectivity index is 2.33. The summed E-state index contributed by atoms with van der Waals surface area (Å²) in [5.41, 5.74) is 4.26. The first kappa shape index (κ1) is 16.9. The molecular weight excluding hydrogens is 320 g/mol. The van der Waals surface area contributed by atoms with E-state index in [2.05, 4.69) is 9.71 Å². The Morgan fingerprint density at radius 1 is 1.09 bits per heavy atom. The Morgan fingerprint density at radius 3 is 2.18 bits per heavy atom. The summed E-state index contributed by atoms with van der Waals surface area (Å²) in [4.78, 5) is 4.31. The molecule has 1 aromatic heterocycles. The summed E-state index contributed by atoms with van der Waals surface area (Å²) < 4.78 is 28.0. The SMILES string of the molecule is Cc1cc(C)c(C)c(S(=O)(=O)NCc2ccc(Cl)nc2)c1C. The molecule has 2 aromatic rings. The summed E-state index contributed by atoms with van der Waals surface area (Å²) in [5, 5.41) is 0.382. The lowest BCUT2D eigenvalue weighted by Crippen LogP contribution is -2.25. The number of aryl methyl sites for hydroxylation is 2. The van der Waals surface area contributed by atoms with Gasteiger partial charge in [0.25, 0.3) is 0 Å². The lowest BCUT2D eigenvalue weighted by Gasteiger charge is -2.16. The van der Waals surface area contributed by atoms with Crippen LogP contribution in [0.25, 0.3) is 0 Å². The summed E-state index contributed by atoms with van der Waals surface area (Å²) in [6.45, 7) is 7.69. The molecule has 0 bridgehead atoms. The molecule has 1 heterocycles. The topological polar surface area (TPSA) is 59.1 Å². The van der Waals surface area contributed by atoms with Gasteiger partial charge in [-0.3, -0.25) is 0 Å². The van der Waals surface area contributed by atoms with Gasteiger partial charge in [0.1, 0.15) is 5.15 Å². The van der Waals surface area contributed by atoms with E-state index in [1.807, 2.05) is 33.8 Å². The minimum absolute atomic E-state index is 0.179. The van der Waals surface area contributed by atoms with Gasteiger partial charge in [0.05, 0.1) is 4.90 Å². The molecule has 22 heavy (non-hydrogen) atoms. The van der Waals surface area contributed by atoms with Gasteiger partial charge in [-0.15, -0.1) is 0 Å². The average Bonchev–Trinajstić information content (AvgIpc) is 2.45. The van der Waals surface area contributed by atoms with Gasteiger partial charge in [-0.2, -0.15) is 0 Å². The van der Waals surface area contributed by atoms with Gasteiger partial charge in [0, 0.05) is 12.7 Å². The van der Waals surface area contributed by atoms with Crippen LogP contribution in [0.3, 0.4) is 0 Å². The summed E-state index contributed by atoms with van der Waals surface area (Å²) in [7, 11) is -3.59. The molecule has 0 amide bonds. The van der Waals surface area contributed by atoms with Crippen molar-refractivity contribution in [2.45, 2.75) is 39.1 Å². The van der Waals surface area contributed by atoms with Crippen molar-refractivity contribution >= 4 is 21.6 Å². The van der Waals surface area contributed by atoms with Crippen molar-refractivity contribution in [3.05, 3.63) is 57.4 Å². The number of sulfonamides is 1. The Kier molecular flexibility index (Phi) is 4.90. The van der Waals surface area contributed by atoms with Gasteiger partial charge in [0.15, 0.2) is 0 Å². The Morgan fingerprint density at radius 2 is 1.68 bits per heavy atom. The second kappa shape index (κ2) is 6.36. The number of halogens is 1. The number of benzene rings is 1. The largest absolute Gasteiger partial charge is 0.244 e. The third kappa shape index (κ3) is 3.48. The first-order valence-electron chi connectivity index (χ1n) is 6.90. The average molecular weight is 339 g/mol. The molecular formula is C16H19ClN2O2S. The molecule has 0 radical (unpaired) electrons. The first-order valence-corrected chi connectivity index (χ1v) is 8.76. The number of rotatable bonds is 4. The fraction of sp³-hybridized carbons (Fsp3) is 0.312. The number of nitrogens with zero attached hydrogens (tertiary/aromatic N) is 1. The van der Waals surface area contributed by atoms with E-state index in [9.17, 15) is 8.42 Å². The van der Waals surface area contributed by atoms with Crippen LogP contribution in [0.2, 0.25) is 5.15 Å². The van der Waals surface area contributed by atoms with Crippen LogP contribution in [0.4, 0.5) is 0 Å². The molecule has 0 unspecified atom stereocenters. The van der Waals surface area contributed by atoms with Crippen LogP contribution in [-0.4, -0.2) is 13.4 Å². The molecule has 0 atom stereocenters. The molecule has 0 aliphatic rings. The zero-order valence-corrected chi connectivity index (χ0v) is 14.6. The number of nitrogens with one attached hydrogen (secondary N) is 1. The molecule has 0 spiro atoms. The van der Waals surface area contributed by atoms with Crippen molar-refractivity contribution in [2.75, 3.05) is 0 Å². The van der Waals surface area contributed by atoms with Crippen LogP contribution in [0.15, 0.2) is 29.3 Å². The highest BCUT2D eigenvalue weighted by Crippen LogP contribution is 2.26. The lowest BCUT2D eigenvalue weighted by molar-refractivity contribution is 0.579. The van der Waals surface area contributed by atoms with E-state index in [0.717, 1.165) is 27.8 Å². The van der Waals surface area contributed by atoms with Gasteiger partial charge in [-0.05, 0) is 61.6 Å². The van der Waals surface area contributed by atoms with E-state index in [1.54, 1.807) is 18.3 Å². The minimum atomic E-state index is -3.59. The van der Waals surface area contributed by atoms with Gasteiger partial charge in [-0.1, -0.05) is 23.7 Å². The van der Waals surface area contributed by atoms with Crippen LogP contribution in [0.1, 0.15) is 27.8 Å². The molecule has 0 fully saturated rings. The molecule has 6 heteroatoms. The van der Waals surface area contributed by atoms with E-state index in [0.29, 0.717) is 10.0 Å². The fourth-order valence-electron chi connectivity index (χ4n) is 2.35. The summed E-state index contributed by atoms with van der Waals surface area (Å²) in [6.07, 6.45) is 1.56. The van der Waals surface area contributed by atoms with Crippen molar-refractivity contribution in [3.8, 4) is 0 Å². The lowest BCUT2D eigenvalue weighted by atomic mass is 10.0.